The van der Waals surface area contributed by atoms with E-state index in [1.165, 1.54) is 15.2 Å². The predicted octanol–water partition coefficient (Wildman–Crippen LogP) is -0.283. The second kappa shape index (κ2) is 5.10. The van der Waals surface area contributed by atoms with Gasteiger partial charge in [0.15, 0.2) is 10.8 Å². The maximum Gasteiger partial charge on any atom is 0.262 e. The molecule has 0 amide bonds. The third kappa shape index (κ3) is 2.47. The van der Waals surface area contributed by atoms with E-state index in [-0.39, 0.29) is 16.9 Å². The van der Waals surface area contributed by atoms with Gasteiger partial charge in [-0.15, -0.1) is 0 Å². The molecule has 2 rings (SSSR count). The number of aryl methyl sites for hydroxylation is 1. The second-order valence-corrected chi connectivity index (χ2v) is 6.80. The van der Waals surface area contributed by atoms with E-state index in [2.05, 4.69) is 16.8 Å². The number of hydrogen-bond donors (Lipinski definition) is 1. The van der Waals surface area contributed by atoms with E-state index in [1.54, 1.807) is 7.05 Å². The van der Waals surface area contributed by atoms with E-state index in [0.29, 0.717) is 13.1 Å². The van der Waals surface area contributed by atoms with Crippen molar-refractivity contribution in [1.29, 1.82) is 0 Å². The highest BCUT2D eigenvalue weighted by atomic mass is 32.2. The van der Waals surface area contributed by atoms with Crippen molar-refractivity contribution in [2.24, 2.45) is 7.05 Å². The van der Waals surface area contributed by atoms with Crippen LogP contribution in [0.25, 0.3) is 0 Å². The maximum atomic E-state index is 12.6. The molecule has 1 aromatic heterocycles. The Balaban J connectivity index is 2.31. The summed E-state index contributed by atoms with van der Waals surface area (Å²) in [5.41, 5.74) is 5.68. The van der Waals surface area contributed by atoms with Gasteiger partial charge in [0.05, 0.1) is 6.33 Å². The molecule has 2 heterocycles. The summed E-state index contributed by atoms with van der Waals surface area (Å²) in [6, 6.07) is 0.248. The molecule has 1 aliphatic heterocycles. The number of imidazole rings is 1. The number of hydrogen-bond acceptors (Lipinski definition) is 5. The molecule has 19 heavy (non-hydrogen) atoms. The molecular weight excluding hydrogens is 266 g/mol. The predicted molar refractivity (Wildman–Crippen MR) is 73.1 cm³/mol. The monoisotopic (exact) mass is 287 g/mol. The summed E-state index contributed by atoms with van der Waals surface area (Å²) in [7, 11) is 0.102. The molecule has 2 N–H and O–H groups in total. The van der Waals surface area contributed by atoms with Crippen molar-refractivity contribution >= 4 is 15.8 Å². The van der Waals surface area contributed by atoms with Crippen molar-refractivity contribution < 1.29 is 8.42 Å². The number of likely N-dealkylation sites (N-methyl/N-ethyl adjacent to an activating group) is 1. The Morgan fingerprint density at radius 3 is 2.63 bits per heavy atom. The van der Waals surface area contributed by atoms with Gasteiger partial charge in [-0.25, -0.2) is 13.4 Å². The number of nitrogens with zero attached hydrogens (tertiary/aromatic N) is 4. The molecule has 1 atom stereocenters. The average molecular weight is 287 g/mol. The SMILES string of the molecule is CCC1CN(S(=O)(=O)c2c(N)ncn2C)CCN1C. The van der Waals surface area contributed by atoms with Crippen LogP contribution in [0.15, 0.2) is 11.4 Å². The van der Waals surface area contributed by atoms with Gasteiger partial charge in [0.25, 0.3) is 10.0 Å². The molecular formula is C11H21N5O2S. The van der Waals surface area contributed by atoms with Gasteiger partial charge in [-0.2, -0.15) is 4.31 Å². The first-order chi connectivity index (χ1) is 8.87. The van der Waals surface area contributed by atoms with Gasteiger partial charge >= 0.3 is 0 Å². The van der Waals surface area contributed by atoms with Crippen LogP contribution in [0.1, 0.15) is 13.3 Å². The van der Waals surface area contributed by atoms with Crippen LogP contribution in [0.3, 0.4) is 0 Å². The number of aromatic nitrogens is 2. The highest BCUT2D eigenvalue weighted by Crippen LogP contribution is 2.23. The first kappa shape index (κ1) is 14.3. The molecule has 0 radical (unpaired) electrons. The zero-order valence-corrected chi connectivity index (χ0v) is 12.4. The number of anilines is 1. The lowest BCUT2D eigenvalue weighted by Gasteiger charge is -2.38. The molecule has 0 spiro atoms. The largest absolute Gasteiger partial charge is 0.381 e. The number of nitrogens with two attached hydrogens (primary N) is 1. The minimum atomic E-state index is -3.56. The molecule has 0 aromatic carbocycles. The molecule has 1 unspecified atom stereocenters. The van der Waals surface area contributed by atoms with Gasteiger partial charge in [-0.3, -0.25) is 0 Å². The van der Waals surface area contributed by atoms with E-state index in [1.807, 2.05) is 7.05 Å². The van der Waals surface area contributed by atoms with E-state index in [0.717, 1.165) is 13.0 Å². The summed E-state index contributed by atoms with van der Waals surface area (Å²) in [6.07, 6.45) is 2.35. The lowest BCUT2D eigenvalue weighted by atomic mass is 10.1. The van der Waals surface area contributed by atoms with Gasteiger partial charge in [0.2, 0.25) is 0 Å². The minimum Gasteiger partial charge on any atom is -0.381 e. The first-order valence-electron chi connectivity index (χ1n) is 6.35. The van der Waals surface area contributed by atoms with Gasteiger partial charge in [0, 0.05) is 32.7 Å². The fourth-order valence-electron chi connectivity index (χ4n) is 2.45. The third-order valence-corrected chi connectivity index (χ3v) is 5.70. The number of rotatable bonds is 3. The van der Waals surface area contributed by atoms with Crippen LogP contribution >= 0.6 is 0 Å². The summed E-state index contributed by atoms with van der Waals surface area (Å²) >= 11 is 0. The molecule has 8 heteroatoms. The summed E-state index contributed by atoms with van der Waals surface area (Å²) in [5, 5.41) is 0.0897. The van der Waals surface area contributed by atoms with Crippen molar-refractivity contribution in [2.75, 3.05) is 32.4 Å². The third-order valence-electron chi connectivity index (χ3n) is 3.70. The minimum absolute atomic E-state index is 0.0643. The Morgan fingerprint density at radius 2 is 2.11 bits per heavy atom. The molecule has 1 saturated heterocycles. The normalized spacial score (nSPS) is 22.8. The van der Waals surface area contributed by atoms with Crippen LogP contribution < -0.4 is 5.73 Å². The van der Waals surface area contributed by atoms with E-state index < -0.39 is 10.0 Å². The number of nitrogen functional groups attached to an aromatic ring is 1. The zero-order valence-electron chi connectivity index (χ0n) is 11.6. The molecule has 1 aliphatic rings. The van der Waals surface area contributed by atoms with E-state index in [4.69, 9.17) is 5.73 Å². The van der Waals surface area contributed by atoms with Crippen LogP contribution in [0.5, 0.6) is 0 Å². The van der Waals surface area contributed by atoms with Gasteiger partial charge in [-0.05, 0) is 13.5 Å². The summed E-state index contributed by atoms with van der Waals surface area (Å²) in [6.45, 7) is 3.78. The molecule has 1 fully saturated rings. The van der Waals surface area contributed by atoms with Gasteiger partial charge in [-0.1, -0.05) is 6.92 Å². The number of piperazine rings is 1. The van der Waals surface area contributed by atoms with Gasteiger partial charge < -0.3 is 15.2 Å². The second-order valence-electron chi connectivity index (χ2n) is 4.95. The Morgan fingerprint density at radius 1 is 1.42 bits per heavy atom. The fraction of sp³-hybridized carbons (Fsp3) is 0.727. The molecule has 0 bridgehead atoms. The average Bonchev–Trinajstić information content (AvgIpc) is 2.69. The maximum absolute atomic E-state index is 12.6. The standard InChI is InChI=1S/C11H21N5O2S/c1-4-9-7-16(6-5-14(9)2)19(17,18)11-10(12)13-8-15(11)3/h8-9H,4-7,12H2,1-3H3. The fourth-order valence-corrected chi connectivity index (χ4v) is 4.11. The molecule has 7 nitrogen and oxygen atoms in total. The van der Waals surface area contributed by atoms with Crippen LogP contribution in [0.4, 0.5) is 5.82 Å². The van der Waals surface area contributed by atoms with Gasteiger partial charge in [0.1, 0.15) is 0 Å². The van der Waals surface area contributed by atoms with E-state index >= 15 is 0 Å². The Kier molecular flexibility index (Phi) is 3.84. The number of sulfonamides is 1. The van der Waals surface area contributed by atoms with Crippen molar-refractivity contribution in [3.05, 3.63) is 6.33 Å². The Bertz CT molecular complexity index is 534. The van der Waals surface area contributed by atoms with Crippen molar-refractivity contribution in [3.8, 4) is 0 Å². The van der Waals surface area contributed by atoms with Crippen LogP contribution in [0.2, 0.25) is 0 Å². The van der Waals surface area contributed by atoms with Crippen LogP contribution in [-0.4, -0.2) is 59.9 Å². The first-order valence-corrected chi connectivity index (χ1v) is 7.79. The summed E-state index contributed by atoms with van der Waals surface area (Å²) in [4.78, 5) is 6.05. The summed E-state index contributed by atoms with van der Waals surface area (Å²) in [5.74, 6) is 0.0643. The van der Waals surface area contributed by atoms with Crippen LogP contribution in [-0.2, 0) is 17.1 Å². The van der Waals surface area contributed by atoms with Crippen molar-refractivity contribution in [1.82, 2.24) is 18.8 Å². The zero-order chi connectivity index (χ0) is 14.2. The topological polar surface area (TPSA) is 84.5 Å². The Labute approximate surface area is 114 Å². The van der Waals surface area contributed by atoms with E-state index in [9.17, 15) is 8.42 Å². The van der Waals surface area contributed by atoms with Crippen molar-refractivity contribution in [2.45, 2.75) is 24.4 Å². The van der Waals surface area contributed by atoms with Crippen molar-refractivity contribution in [3.63, 3.8) is 0 Å². The molecule has 1 aromatic rings. The summed E-state index contributed by atoms with van der Waals surface area (Å²) < 4.78 is 28.2. The van der Waals surface area contributed by atoms with Crippen LogP contribution in [0, 0.1) is 0 Å². The highest BCUT2D eigenvalue weighted by molar-refractivity contribution is 7.89. The molecule has 108 valence electrons. The molecule has 0 aliphatic carbocycles. The molecule has 0 saturated carbocycles. The highest BCUT2D eigenvalue weighted by Gasteiger charge is 2.34. The lowest BCUT2D eigenvalue weighted by Crippen LogP contribution is -2.53. The smallest absolute Gasteiger partial charge is 0.262 e. The lowest BCUT2D eigenvalue weighted by molar-refractivity contribution is 0.143. The quantitative estimate of drug-likeness (QED) is 0.826. The Hall–Kier alpha value is -1.12.